The van der Waals surface area contributed by atoms with Crippen molar-refractivity contribution in [3.63, 3.8) is 0 Å². The maximum absolute atomic E-state index is 14.0. The lowest BCUT2D eigenvalue weighted by molar-refractivity contribution is 0.0995. The van der Waals surface area contributed by atoms with Crippen LogP contribution in [0.1, 0.15) is 16.1 Å². The van der Waals surface area contributed by atoms with Gasteiger partial charge in [-0.2, -0.15) is 0 Å². The molecule has 0 saturated heterocycles. The van der Waals surface area contributed by atoms with E-state index in [1.165, 1.54) is 16.2 Å². The van der Waals surface area contributed by atoms with Crippen LogP contribution in [-0.2, 0) is 0 Å². The maximum Gasteiger partial charge on any atom is 0.267 e. The van der Waals surface area contributed by atoms with E-state index in [1.54, 1.807) is 36.6 Å². The summed E-state index contributed by atoms with van der Waals surface area (Å²) in [7, 11) is 0. The average molecular weight is 330 g/mol. The van der Waals surface area contributed by atoms with Gasteiger partial charge in [0.05, 0.1) is 16.9 Å². The first kappa shape index (κ1) is 15.3. The minimum atomic E-state index is -0.773. The Hall–Kier alpha value is -2.60. The van der Waals surface area contributed by atoms with Gasteiger partial charge in [-0.1, -0.05) is 18.2 Å². The van der Waals surface area contributed by atoms with Gasteiger partial charge in [0.2, 0.25) is 0 Å². The van der Waals surface area contributed by atoms with Gasteiger partial charge in [-0.3, -0.25) is 9.69 Å². The molecule has 6 heteroatoms. The minimum Gasteiger partial charge on any atom is -0.268 e. The first-order valence-corrected chi connectivity index (χ1v) is 7.71. The highest BCUT2D eigenvalue weighted by Gasteiger charge is 2.25. The highest BCUT2D eigenvalue weighted by Crippen LogP contribution is 2.30. The Labute approximate surface area is 135 Å². The van der Waals surface area contributed by atoms with Gasteiger partial charge < -0.3 is 0 Å². The molecule has 0 fully saturated rings. The molecule has 0 spiro atoms. The van der Waals surface area contributed by atoms with Crippen molar-refractivity contribution in [2.45, 2.75) is 6.92 Å². The smallest absolute Gasteiger partial charge is 0.267 e. The monoisotopic (exact) mass is 330 g/mol. The lowest BCUT2D eigenvalue weighted by atomic mass is 10.1. The van der Waals surface area contributed by atoms with Gasteiger partial charge in [-0.05, 0) is 37.3 Å². The Morgan fingerprint density at radius 2 is 1.87 bits per heavy atom. The van der Waals surface area contributed by atoms with Gasteiger partial charge in [-0.15, -0.1) is 11.3 Å². The zero-order chi connectivity index (χ0) is 16.4. The van der Waals surface area contributed by atoms with Crippen molar-refractivity contribution in [1.29, 1.82) is 0 Å². The number of carbonyl (C=O) groups is 1. The number of para-hydroxylation sites is 1. The summed E-state index contributed by atoms with van der Waals surface area (Å²) in [6.45, 7) is 1.80. The van der Waals surface area contributed by atoms with Crippen molar-refractivity contribution < 1.29 is 13.6 Å². The van der Waals surface area contributed by atoms with Gasteiger partial charge in [0, 0.05) is 5.38 Å². The fourth-order valence-electron chi connectivity index (χ4n) is 2.12. The largest absolute Gasteiger partial charge is 0.268 e. The van der Waals surface area contributed by atoms with Crippen molar-refractivity contribution in [3.8, 4) is 0 Å². The number of aryl methyl sites for hydroxylation is 1. The summed E-state index contributed by atoms with van der Waals surface area (Å²) in [4.78, 5) is 18.4. The summed E-state index contributed by atoms with van der Waals surface area (Å²) in [6.07, 6.45) is 0. The second kappa shape index (κ2) is 6.26. The molecule has 0 atom stereocenters. The maximum atomic E-state index is 14.0. The Balaban J connectivity index is 2.12. The van der Waals surface area contributed by atoms with Crippen LogP contribution in [-0.4, -0.2) is 10.9 Å². The van der Waals surface area contributed by atoms with Crippen molar-refractivity contribution in [2.75, 3.05) is 4.90 Å². The number of rotatable bonds is 3. The average Bonchev–Trinajstić information content (AvgIpc) is 2.97. The molecule has 0 aliphatic heterocycles. The van der Waals surface area contributed by atoms with Crippen molar-refractivity contribution in [3.05, 3.63) is 76.8 Å². The number of thiazole rings is 1. The van der Waals surface area contributed by atoms with Gasteiger partial charge in [-0.25, -0.2) is 13.8 Å². The molecule has 1 amide bonds. The molecule has 0 aliphatic carbocycles. The Kier molecular flexibility index (Phi) is 4.16. The van der Waals surface area contributed by atoms with Crippen LogP contribution >= 0.6 is 11.3 Å². The summed E-state index contributed by atoms with van der Waals surface area (Å²) >= 11 is 1.26. The van der Waals surface area contributed by atoms with E-state index >= 15 is 0 Å². The molecule has 0 saturated carbocycles. The summed E-state index contributed by atoms with van der Waals surface area (Å²) in [5, 5.41) is 2.20. The van der Waals surface area contributed by atoms with Crippen molar-refractivity contribution >= 4 is 28.1 Å². The van der Waals surface area contributed by atoms with Gasteiger partial charge >= 0.3 is 0 Å². The van der Waals surface area contributed by atoms with Crippen LogP contribution in [0.2, 0.25) is 0 Å². The third kappa shape index (κ3) is 3.12. The quantitative estimate of drug-likeness (QED) is 0.697. The number of anilines is 2. The lowest BCUT2D eigenvalue weighted by Crippen LogP contribution is -2.27. The van der Waals surface area contributed by atoms with Gasteiger partial charge in [0.15, 0.2) is 5.13 Å². The van der Waals surface area contributed by atoms with E-state index in [9.17, 15) is 13.6 Å². The van der Waals surface area contributed by atoms with E-state index in [4.69, 9.17) is 0 Å². The Bertz CT molecular complexity index is 849. The van der Waals surface area contributed by atoms with Gasteiger partial charge in [0.1, 0.15) is 11.6 Å². The number of aromatic nitrogens is 1. The first-order valence-electron chi connectivity index (χ1n) is 6.83. The standard InChI is InChI=1S/C17H12F2N2OS/c1-11-10-23-17(20-11)21(13-5-3-2-4-6-13)16(22)14-9-12(18)7-8-15(14)19/h2-10H,1H3. The molecular formula is C17H12F2N2OS. The number of carbonyl (C=O) groups excluding carboxylic acids is 1. The fraction of sp³-hybridized carbons (Fsp3) is 0.0588. The summed E-state index contributed by atoms with van der Waals surface area (Å²) < 4.78 is 27.4. The molecule has 0 radical (unpaired) electrons. The van der Waals surface area contributed by atoms with E-state index in [2.05, 4.69) is 4.98 Å². The zero-order valence-electron chi connectivity index (χ0n) is 12.2. The van der Waals surface area contributed by atoms with Crippen LogP contribution in [0.15, 0.2) is 53.9 Å². The van der Waals surface area contributed by atoms with E-state index in [1.807, 2.05) is 6.07 Å². The van der Waals surface area contributed by atoms with E-state index in [0.717, 1.165) is 23.9 Å². The molecule has 3 aromatic rings. The predicted molar refractivity (Wildman–Crippen MR) is 86.1 cm³/mol. The molecule has 0 N–H and O–H groups in total. The molecular weight excluding hydrogens is 318 g/mol. The molecule has 3 nitrogen and oxygen atoms in total. The summed E-state index contributed by atoms with van der Waals surface area (Å²) in [5.74, 6) is -2.11. The predicted octanol–water partition coefficient (Wildman–Crippen LogP) is 4.71. The van der Waals surface area contributed by atoms with Crippen LogP contribution in [0.3, 0.4) is 0 Å². The molecule has 2 aromatic carbocycles. The third-order valence-corrected chi connectivity index (χ3v) is 4.12. The minimum absolute atomic E-state index is 0.332. The van der Waals surface area contributed by atoms with Crippen LogP contribution in [0.4, 0.5) is 19.6 Å². The van der Waals surface area contributed by atoms with Crippen molar-refractivity contribution in [2.24, 2.45) is 0 Å². The zero-order valence-corrected chi connectivity index (χ0v) is 13.0. The molecule has 0 unspecified atom stereocenters. The number of amides is 1. The molecule has 0 aliphatic rings. The Morgan fingerprint density at radius 1 is 1.13 bits per heavy atom. The third-order valence-electron chi connectivity index (χ3n) is 3.17. The van der Waals surface area contributed by atoms with E-state index < -0.39 is 17.5 Å². The second-order valence-corrected chi connectivity index (χ2v) is 5.71. The van der Waals surface area contributed by atoms with Crippen molar-refractivity contribution in [1.82, 2.24) is 4.98 Å². The van der Waals surface area contributed by atoms with E-state index in [-0.39, 0.29) is 5.56 Å². The fourth-order valence-corrected chi connectivity index (χ4v) is 2.94. The topological polar surface area (TPSA) is 33.2 Å². The number of nitrogens with zero attached hydrogens (tertiary/aromatic N) is 2. The number of halogens is 2. The molecule has 116 valence electrons. The normalized spacial score (nSPS) is 10.6. The van der Waals surface area contributed by atoms with Gasteiger partial charge in [0.25, 0.3) is 5.91 Å². The van der Waals surface area contributed by atoms with Crippen LogP contribution < -0.4 is 4.90 Å². The molecule has 0 bridgehead atoms. The summed E-state index contributed by atoms with van der Waals surface area (Å²) in [5.41, 5.74) is 0.954. The molecule has 1 aromatic heterocycles. The van der Waals surface area contributed by atoms with Crippen LogP contribution in [0, 0.1) is 18.6 Å². The molecule has 3 rings (SSSR count). The van der Waals surface area contributed by atoms with Crippen LogP contribution in [0.5, 0.6) is 0 Å². The molecule has 23 heavy (non-hydrogen) atoms. The SMILES string of the molecule is Cc1csc(N(C(=O)c2cc(F)ccc2F)c2ccccc2)n1. The molecule has 1 heterocycles. The number of benzene rings is 2. The Morgan fingerprint density at radius 3 is 2.52 bits per heavy atom. The lowest BCUT2D eigenvalue weighted by Gasteiger charge is -2.20. The second-order valence-electron chi connectivity index (χ2n) is 4.87. The highest BCUT2D eigenvalue weighted by atomic mass is 32.1. The van der Waals surface area contributed by atoms with Crippen LogP contribution in [0.25, 0.3) is 0 Å². The number of hydrogen-bond donors (Lipinski definition) is 0. The highest BCUT2D eigenvalue weighted by molar-refractivity contribution is 7.14. The first-order chi connectivity index (χ1) is 11.1. The number of hydrogen-bond acceptors (Lipinski definition) is 3. The summed E-state index contributed by atoms with van der Waals surface area (Å²) in [6, 6.07) is 11.6. The van der Waals surface area contributed by atoms with E-state index in [0.29, 0.717) is 10.8 Å².